The van der Waals surface area contributed by atoms with E-state index in [1.165, 1.54) is 80.9 Å². The molecule has 0 fully saturated rings. The molecule has 0 aliphatic rings. The number of benzene rings is 7. The normalized spacial score (nSPS) is 12.4. The van der Waals surface area contributed by atoms with Gasteiger partial charge in [-0.1, -0.05) is 78.9 Å². The largest absolute Gasteiger partial charge is 0.310 e. The molecule has 0 bridgehead atoms. The van der Waals surface area contributed by atoms with Crippen molar-refractivity contribution in [3.8, 4) is 0 Å². The molecule has 7 aromatic carbocycles. The average molecular weight is 622 g/mol. The maximum Gasteiger partial charge on any atom is 0.125 e. The summed E-state index contributed by atoms with van der Waals surface area (Å²) >= 11 is 1.84. The van der Waals surface area contributed by atoms with Crippen LogP contribution in [0.2, 0.25) is 0 Å². The van der Waals surface area contributed by atoms with Gasteiger partial charge in [0.25, 0.3) is 0 Å². The number of halogens is 1. The first-order chi connectivity index (χ1) is 23.3. The molecule has 0 saturated heterocycles. The van der Waals surface area contributed by atoms with Crippen LogP contribution in [-0.4, -0.2) is 8.80 Å². The van der Waals surface area contributed by atoms with Crippen LogP contribution in [0.4, 0.5) is 21.5 Å². The smallest absolute Gasteiger partial charge is 0.125 e. The Balaban J connectivity index is 1.40. The van der Waals surface area contributed by atoms with Crippen molar-refractivity contribution in [3.63, 3.8) is 0 Å². The molecular weight excluding hydrogens is 598 g/mol. The lowest BCUT2D eigenvalue weighted by Crippen LogP contribution is -2.10. The number of nitrogens with zero attached hydrogens (tertiary/aromatic N) is 3. The Morgan fingerprint density at radius 3 is 1.96 bits per heavy atom. The molecule has 0 aliphatic heterocycles. The number of para-hydroxylation sites is 4. The summed E-state index contributed by atoms with van der Waals surface area (Å²) in [7, 11) is 0. The lowest BCUT2D eigenvalue weighted by atomic mass is 10.0. The van der Waals surface area contributed by atoms with Gasteiger partial charge in [0.1, 0.15) is 5.82 Å². The van der Waals surface area contributed by atoms with E-state index in [2.05, 4.69) is 117 Å². The van der Waals surface area contributed by atoms with Crippen LogP contribution >= 0.6 is 11.3 Å². The topological polar surface area (TPSA) is 12.1 Å². The van der Waals surface area contributed by atoms with Crippen molar-refractivity contribution in [2.45, 2.75) is 0 Å². The van der Waals surface area contributed by atoms with Crippen LogP contribution in [0.15, 0.2) is 146 Å². The van der Waals surface area contributed by atoms with Crippen LogP contribution in [0, 0.1) is 5.82 Å². The molecule has 4 heterocycles. The molecule has 47 heavy (non-hydrogen) atoms. The van der Waals surface area contributed by atoms with Gasteiger partial charge in [-0.2, -0.15) is 0 Å². The third-order valence-corrected chi connectivity index (χ3v) is 11.0. The van der Waals surface area contributed by atoms with Crippen LogP contribution in [0.25, 0.3) is 74.8 Å². The van der Waals surface area contributed by atoms with Gasteiger partial charge in [-0.05, 0) is 66.7 Å². The fourth-order valence-electron chi connectivity index (χ4n) is 8.04. The van der Waals surface area contributed by atoms with Gasteiger partial charge in [0.15, 0.2) is 0 Å². The maximum atomic E-state index is 14.8. The fourth-order valence-corrected chi connectivity index (χ4v) is 9.28. The summed E-state index contributed by atoms with van der Waals surface area (Å²) in [5.41, 5.74) is 10.1. The summed E-state index contributed by atoms with van der Waals surface area (Å²) in [6.07, 6.45) is 0. The maximum absolute atomic E-state index is 14.8. The van der Waals surface area contributed by atoms with Crippen molar-refractivity contribution < 1.29 is 4.39 Å². The Labute approximate surface area is 271 Å². The Morgan fingerprint density at radius 1 is 0.468 bits per heavy atom. The van der Waals surface area contributed by atoms with Gasteiger partial charge in [0.2, 0.25) is 0 Å². The fraction of sp³-hybridized carbons (Fsp3) is 0. The third kappa shape index (κ3) is 3.23. The minimum atomic E-state index is -0.258. The molecule has 4 aromatic heterocycles. The van der Waals surface area contributed by atoms with Gasteiger partial charge < -0.3 is 13.7 Å². The Kier molecular flexibility index (Phi) is 4.89. The zero-order valence-electron chi connectivity index (χ0n) is 25.0. The van der Waals surface area contributed by atoms with E-state index in [-0.39, 0.29) is 5.82 Å². The van der Waals surface area contributed by atoms with Gasteiger partial charge in [-0.15, -0.1) is 11.3 Å². The van der Waals surface area contributed by atoms with Crippen molar-refractivity contribution in [3.05, 3.63) is 151 Å². The second-order valence-corrected chi connectivity index (χ2v) is 13.3. The lowest BCUT2D eigenvalue weighted by Gasteiger charge is -2.26. The molecular formula is C42H24FN3S. The van der Waals surface area contributed by atoms with Gasteiger partial charge in [0.05, 0.1) is 43.5 Å². The Morgan fingerprint density at radius 2 is 1.13 bits per heavy atom. The number of hydrogen-bond acceptors (Lipinski definition) is 2. The number of thiophene rings is 1. The summed E-state index contributed by atoms with van der Waals surface area (Å²) in [5.74, 6) is -0.258. The van der Waals surface area contributed by atoms with E-state index >= 15 is 0 Å². The minimum absolute atomic E-state index is 0.258. The van der Waals surface area contributed by atoms with Gasteiger partial charge in [-0.3, -0.25) is 0 Å². The zero-order valence-corrected chi connectivity index (χ0v) is 25.8. The summed E-state index contributed by atoms with van der Waals surface area (Å²) in [5, 5.41) is 7.35. The van der Waals surface area contributed by atoms with Crippen molar-refractivity contribution in [2.75, 3.05) is 4.90 Å². The van der Waals surface area contributed by atoms with E-state index in [1.807, 2.05) is 35.6 Å². The van der Waals surface area contributed by atoms with Crippen LogP contribution in [-0.2, 0) is 0 Å². The Hall–Kier alpha value is -5.91. The summed E-state index contributed by atoms with van der Waals surface area (Å²) < 4.78 is 22.2. The molecule has 0 spiro atoms. The quantitative estimate of drug-likeness (QED) is 0.179. The molecule has 0 unspecified atom stereocenters. The van der Waals surface area contributed by atoms with E-state index in [0.717, 1.165) is 17.1 Å². The van der Waals surface area contributed by atoms with Gasteiger partial charge in [-0.25, -0.2) is 4.39 Å². The predicted molar refractivity (Wildman–Crippen MR) is 197 cm³/mol. The molecule has 0 aliphatic carbocycles. The number of aromatic nitrogens is 2. The summed E-state index contributed by atoms with van der Waals surface area (Å²) in [4.78, 5) is 2.19. The molecule has 0 atom stereocenters. The predicted octanol–water partition coefficient (Wildman–Crippen LogP) is 12.2. The second kappa shape index (κ2) is 9.09. The highest BCUT2D eigenvalue weighted by Crippen LogP contribution is 2.50. The van der Waals surface area contributed by atoms with E-state index in [4.69, 9.17) is 0 Å². The van der Waals surface area contributed by atoms with Crippen LogP contribution in [0.1, 0.15) is 0 Å². The molecule has 5 heteroatoms. The monoisotopic (exact) mass is 621 g/mol. The molecule has 0 radical (unpaired) electrons. The number of fused-ring (bicyclic) bond motifs is 12. The third-order valence-electron chi connectivity index (χ3n) is 9.83. The SMILES string of the molecule is Fc1cccc(N(c2ccccc2)c2cccc3sc4c(cc5c6ccccc6n6c7cccc8c9ccccc9n(c87)c4c56)c23)c1. The van der Waals surface area contributed by atoms with E-state index in [9.17, 15) is 4.39 Å². The number of rotatable bonds is 3. The molecule has 3 nitrogen and oxygen atoms in total. The number of hydrogen-bond donors (Lipinski definition) is 0. The molecule has 11 aromatic rings. The van der Waals surface area contributed by atoms with Crippen molar-refractivity contribution in [1.29, 1.82) is 0 Å². The van der Waals surface area contributed by atoms with Crippen LogP contribution in [0.3, 0.4) is 0 Å². The first-order valence-corrected chi connectivity index (χ1v) is 16.6. The highest BCUT2D eigenvalue weighted by molar-refractivity contribution is 7.26. The summed E-state index contributed by atoms with van der Waals surface area (Å²) in [6, 6.07) is 50.4. The standard InChI is InChI=1S/C42H24FN3S/c43-25-11-8-14-27(23-25)44(26-12-2-1-3-13-26)35-20-10-22-37-38(35)32-24-31-29-16-5-6-18-33(29)45-36-21-9-17-30-28-15-4-7-19-34(28)46(39(30)36)41(40(31)45)42(32)47-37/h1-24H. The van der Waals surface area contributed by atoms with E-state index in [0.29, 0.717) is 0 Å². The van der Waals surface area contributed by atoms with Crippen LogP contribution in [0.5, 0.6) is 0 Å². The minimum Gasteiger partial charge on any atom is -0.310 e. The Bertz CT molecular complexity index is 3040. The first kappa shape index (κ1) is 25.3. The van der Waals surface area contributed by atoms with Crippen LogP contribution < -0.4 is 4.90 Å². The second-order valence-electron chi connectivity index (χ2n) is 12.3. The van der Waals surface area contributed by atoms with Gasteiger partial charge in [0, 0.05) is 48.4 Å². The molecule has 11 rings (SSSR count). The molecule has 0 saturated carbocycles. The number of anilines is 3. The highest BCUT2D eigenvalue weighted by Gasteiger charge is 2.26. The summed E-state index contributed by atoms with van der Waals surface area (Å²) in [6.45, 7) is 0. The van der Waals surface area contributed by atoms with Gasteiger partial charge >= 0.3 is 0 Å². The van der Waals surface area contributed by atoms with Crippen molar-refractivity contribution in [2.24, 2.45) is 0 Å². The zero-order chi connectivity index (χ0) is 30.8. The molecule has 0 N–H and O–H groups in total. The van der Waals surface area contributed by atoms with Crippen molar-refractivity contribution in [1.82, 2.24) is 8.80 Å². The lowest BCUT2D eigenvalue weighted by molar-refractivity contribution is 0.628. The highest BCUT2D eigenvalue weighted by atomic mass is 32.1. The first-order valence-electron chi connectivity index (χ1n) is 15.8. The molecule has 220 valence electrons. The average Bonchev–Trinajstić information content (AvgIpc) is 3.77. The van der Waals surface area contributed by atoms with E-state index < -0.39 is 0 Å². The molecule has 0 amide bonds. The van der Waals surface area contributed by atoms with E-state index in [1.54, 1.807) is 12.1 Å². The van der Waals surface area contributed by atoms with Crippen molar-refractivity contribution >= 4 is 103 Å².